The fourth-order valence-corrected chi connectivity index (χ4v) is 8.58. The Morgan fingerprint density at radius 2 is 0.720 bits per heavy atom. The molecule has 1 saturated heterocycles. The third kappa shape index (κ3) is 41.8. The first-order valence-electron chi connectivity index (χ1n) is 29.7. The van der Waals surface area contributed by atoms with Crippen LogP contribution in [0.5, 0.6) is 0 Å². The van der Waals surface area contributed by atoms with E-state index in [1.807, 2.05) is 0 Å². The smallest absolute Gasteiger partial charge is 0.410 e. The van der Waals surface area contributed by atoms with Crippen LogP contribution in [0.3, 0.4) is 0 Å². The second-order valence-corrected chi connectivity index (χ2v) is 20.6. The number of aliphatic hydroxyl groups is 1. The molecule has 0 aromatic rings. The first-order chi connectivity index (χ1) is 36.4. The molecule has 0 atom stereocenters. The van der Waals surface area contributed by atoms with Crippen molar-refractivity contribution < 1.29 is 71.8 Å². The predicted molar refractivity (Wildman–Crippen MR) is 289 cm³/mol. The van der Waals surface area contributed by atoms with E-state index in [4.69, 9.17) is 33.2 Å². The van der Waals surface area contributed by atoms with Gasteiger partial charge in [0.25, 0.3) is 0 Å². The molecule has 1 aliphatic heterocycles. The van der Waals surface area contributed by atoms with Gasteiger partial charge in [0.1, 0.15) is 19.8 Å². The standard InChI is InChI=1S/C58H104N2O15/c1-5-9-13-17-21-25-29-52(62)72-45-49(46-73-53(63)30-26-22-18-14-10-6-2)43-56(66)69-41-38-60(58(68)71-40-37-59-35-33-51(61)34-36-59)39-42-70-57(67)44-50(47-74-54(64)31-27-23-19-15-11-7-3)48-75-55(65)32-28-24-20-16-12-8-4/h49-51,61H,5-48H2,1-4H3. The van der Waals surface area contributed by atoms with Gasteiger partial charge in [0, 0.05) is 57.2 Å². The molecule has 1 aliphatic rings. The Labute approximate surface area is 452 Å². The summed E-state index contributed by atoms with van der Waals surface area (Å²) in [4.78, 5) is 93.9. The molecule has 75 heavy (non-hydrogen) atoms. The molecular weight excluding hydrogens is 965 g/mol. The number of hydrogen-bond donors (Lipinski definition) is 1. The van der Waals surface area contributed by atoms with Crippen LogP contribution in [-0.4, -0.2) is 142 Å². The maximum atomic E-state index is 13.5. The molecule has 1 rings (SSSR count). The summed E-state index contributed by atoms with van der Waals surface area (Å²) in [6, 6.07) is 0. The van der Waals surface area contributed by atoms with Gasteiger partial charge in [-0.3, -0.25) is 33.7 Å². The summed E-state index contributed by atoms with van der Waals surface area (Å²) in [5.41, 5.74) is 0. The number of rotatable bonds is 49. The summed E-state index contributed by atoms with van der Waals surface area (Å²) in [7, 11) is 0. The molecule has 436 valence electrons. The van der Waals surface area contributed by atoms with Crippen molar-refractivity contribution in [2.24, 2.45) is 11.8 Å². The maximum absolute atomic E-state index is 13.5. The minimum absolute atomic E-state index is 0.0681. The van der Waals surface area contributed by atoms with Crippen LogP contribution < -0.4 is 0 Å². The number of likely N-dealkylation sites (tertiary alicyclic amines) is 1. The molecule has 1 heterocycles. The Kier molecular flexibility index (Phi) is 44.5. The van der Waals surface area contributed by atoms with Crippen molar-refractivity contribution in [3.8, 4) is 0 Å². The lowest BCUT2D eigenvalue weighted by atomic mass is 10.1. The van der Waals surface area contributed by atoms with Crippen molar-refractivity contribution in [2.75, 3.05) is 79.0 Å². The van der Waals surface area contributed by atoms with Gasteiger partial charge in [0.2, 0.25) is 0 Å². The SMILES string of the molecule is CCCCCCCCC(=O)OCC(COC(=O)CCCCCCCC)CC(=O)OCCN(CCOC(=O)CC(COC(=O)CCCCCCCC)COC(=O)CCCCCCCC)C(=O)OCCN1CCC(O)CC1. The van der Waals surface area contributed by atoms with Gasteiger partial charge in [0.05, 0.1) is 58.5 Å². The molecule has 0 aromatic carbocycles. The zero-order chi connectivity index (χ0) is 55.0. The second-order valence-electron chi connectivity index (χ2n) is 20.6. The lowest BCUT2D eigenvalue weighted by Gasteiger charge is -2.29. The molecule has 0 bridgehead atoms. The normalized spacial score (nSPS) is 12.9. The van der Waals surface area contributed by atoms with Gasteiger partial charge in [0.15, 0.2) is 0 Å². The Morgan fingerprint density at radius 3 is 1.04 bits per heavy atom. The van der Waals surface area contributed by atoms with E-state index in [1.165, 1.54) is 4.90 Å². The van der Waals surface area contributed by atoms with E-state index >= 15 is 0 Å². The van der Waals surface area contributed by atoms with Gasteiger partial charge in [-0.1, -0.05) is 156 Å². The third-order valence-electron chi connectivity index (χ3n) is 13.5. The second kappa shape index (κ2) is 48.4. The van der Waals surface area contributed by atoms with E-state index in [-0.39, 0.29) is 128 Å². The van der Waals surface area contributed by atoms with Gasteiger partial charge in [-0.15, -0.1) is 0 Å². The zero-order valence-corrected chi connectivity index (χ0v) is 47.4. The van der Waals surface area contributed by atoms with Crippen LogP contribution >= 0.6 is 0 Å². The first kappa shape index (κ1) is 69.0. The van der Waals surface area contributed by atoms with Crippen LogP contribution in [0.25, 0.3) is 0 Å². The number of piperidine rings is 1. The first-order valence-corrected chi connectivity index (χ1v) is 29.7. The Hall–Kier alpha value is -3.99. The number of amides is 1. The topological polar surface area (TPSA) is 211 Å². The van der Waals surface area contributed by atoms with Gasteiger partial charge >= 0.3 is 41.9 Å². The van der Waals surface area contributed by atoms with Crippen molar-refractivity contribution in [2.45, 2.75) is 239 Å². The molecule has 1 amide bonds. The number of ether oxygens (including phenoxy) is 7. The van der Waals surface area contributed by atoms with E-state index < -0.39 is 29.9 Å². The molecule has 0 saturated carbocycles. The highest BCUT2D eigenvalue weighted by Crippen LogP contribution is 2.16. The number of aliphatic hydroxyl groups excluding tert-OH is 1. The van der Waals surface area contributed by atoms with Crippen LogP contribution in [0.15, 0.2) is 0 Å². The number of nitrogens with zero attached hydrogens (tertiary/aromatic N) is 2. The Bertz CT molecular complexity index is 1340. The highest BCUT2D eigenvalue weighted by Gasteiger charge is 2.24. The van der Waals surface area contributed by atoms with Crippen molar-refractivity contribution in [1.29, 1.82) is 0 Å². The third-order valence-corrected chi connectivity index (χ3v) is 13.5. The van der Waals surface area contributed by atoms with Crippen LogP contribution in [-0.2, 0) is 61.9 Å². The van der Waals surface area contributed by atoms with Crippen LogP contribution in [0.1, 0.15) is 233 Å². The van der Waals surface area contributed by atoms with Crippen molar-refractivity contribution in [1.82, 2.24) is 9.80 Å². The molecular formula is C58H104N2O15. The lowest BCUT2D eigenvalue weighted by molar-refractivity contribution is -0.155. The van der Waals surface area contributed by atoms with E-state index in [9.17, 15) is 38.7 Å². The lowest BCUT2D eigenvalue weighted by Crippen LogP contribution is -2.41. The summed E-state index contributed by atoms with van der Waals surface area (Å²) < 4.78 is 38.9. The average molecular weight is 1070 g/mol. The van der Waals surface area contributed by atoms with Crippen LogP contribution in [0, 0.1) is 11.8 Å². The minimum atomic E-state index is -0.709. The quantitative estimate of drug-likeness (QED) is 0.0341. The highest BCUT2D eigenvalue weighted by molar-refractivity contribution is 5.73. The zero-order valence-electron chi connectivity index (χ0n) is 47.4. The molecule has 17 nitrogen and oxygen atoms in total. The number of unbranched alkanes of at least 4 members (excludes halogenated alkanes) is 20. The molecule has 0 spiro atoms. The van der Waals surface area contributed by atoms with E-state index in [0.717, 1.165) is 128 Å². The fraction of sp³-hybridized carbons (Fsp3) is 0.879. The van der Waals surface area contributed by atoms with Gasteiger partial charge in [-0.05, 0) is 38.5 Å². The summed E-state index contributed by atoms with van der Waals surface area (Å²) in [5, 5.41) is 9.90. The van der Waals surface area contributed by atoms with Gasteiger partial charge < -0.3 is 43.2 Å². The van der Waals surface area contributed by atoms with E-state index in [2.05, 4.69) is 32.6 Å². The van der Waals surface area contributed by atoms with Gasteiger partial charge in [-0.25, -0.2) is 4.79 Å². The summed E-state index contributed by atoms with van der Waals surface area (Å²) in [5.74, 6) is -4.09. The van der Waals surface area contributed by atoms with E-state index in [1.54, 1.807) is 0 Å². The molecule has 0 aliphatic carbocycles. The molecule has 17 heteroatoms. The molecule has 1 N–H and O–H groups in total. The maximum Gasteiger partial charge on any atom is 0.410 e. The van der Waals surface area contributed by atoms with Crippen LogP contribution in [0.4, 0.5) is 4.79 Å². The molecule has 0 aromatic heterocycles. The largest absolute Gasteiger partial charge is 0.465 e. The molecule has 1 fully saturated rings. The van der Waals surface area contributed by atoms with Crippen molar-refractivity contribution in [3.63, 3.8) is 0 Å². The monoisotopic (exact) mass is 1070 g/mol. The molecule has 0 radical (unpaired) electrons. The summed E-state index contributed by atoms with van der Waals surface area (Å²) in [6.45, 7) is 9.29. The number of carbonyl (C=O) groups excluding carboxylic acids is 7. The summed E-state index contributed by atoms with van der Waals surface area (Å²) in [6.07, 6.45) is 25.2. The fourth-order valence-electron chi connectivity index (χ4n) is 8.58. The summed E-state index contributed by atoms with van der Waals surface area (Å²) >= 11 is 0. The Morgan fingerprint density at radius 1 is 0.413 bits per heavy atom. The Balaban J connectivity index is 2.94. The van der Waals surface area contributed by atoms with Crippen LogP contribution in [0.2, 0.25) is 0 Å². The highest BCUT2D eigenvalue weighted by atomic mass is 16.6. The van der Waals surface area contributed by atoms with Crippen molar-refractivity contribution in [3.05, 3.63) is 0 Å². The number of esters is 6. The van der Waals surface area contributed by atoms with Crippen molar-refractivity contribution >= 4 is 41.9 Å². The number of hydrogen-bond acceptors (Lipinski definition) is 16. The van der Waals surface area contributed by atoms with Gasteiger partial charge in [-0.2, -0.15) is 0 Å². The number of carbonyl (C=O) groups is 7. The average Bonchev–Trinajstić information content (AvgIpc) is 3.39. The minimum Gasteiger partial charge on any atom is -0.465 e. The predicted octanol–water partition coefficient (Wildman–Crippen LogP) is 11.2. The van der Waals surface area contributed by atoms with E-state index in [0.29, 0.717) is 58.2 Å². The molecule has 0 unspecified atom stereocenters.